The van der Waals surface area contributed by atoms with E-state index in [1.54, 1.807) is 21.0 Å². The Morgan fingerprint density at radius 2 is 1.83 bits per heavy atom. The molecular formula is C19H28N2O3. The average Bonchev–Trinajstić information content (AvgIpc) is 2.62. The maximum atomic E-state index is 12.6. The lowest BCUT2D eigenvalue weighted by molar-refractivity contribution is -0.149. The van der Waals surface area contributed by atoms with Gasteiger partial charge < -0.3 is 15.0 Å². The first-order valence-corrected chi connectivity index (χ1v) is 8.66. The third-order valence-corrected chi connectivity index (χ3v) is 4.62. The van der Waals surface area contributed by atoms with Gasteiger partial charge in [0.1, 0.15) is 11.2 Å². The number of methoxy groups -OCH3 is 1. The number of para-hydroxylation sites is 1. The van der Waals surface area contributed by atoms with Crippen LogP contribution in [0.4, 0.5) is 0 Å². The van der Waals surface area contributed by atoms with E-state index in [1.807, 2.05) is 29.2 Å². The highest BCUT2D eigenvalue weighted by Gasteiger charge is 2.39. The molecule has 1 fully saturated rings. The summed E-state index contributed by atoms with van der Waals surface area (Å²) in [5.41, 5.74) is 0.0124. The Morgan fingerprint density at radius 3 is 2.50 bits per heavy atom. The first kappa shape index (κ1) is 18.3. The van der Waals surface area contributed by atoms with Crippen LogP contribution in [0.3, 0.4) is 0 Å². The summed E-state index contributed by atoms with van der Waals surface area (Å²) in [5, 5.41) is 2.90. The maximum absolute atomic E-state index is 12.6. The van der Waals surface area contributed by atoms with E-state index in [0.29, 0.717) is 13.0 Å². The molecular weight excluding hydrogens is 304 g/mol. The maximum Gasteiger partial charge on any atom is 0.237 e. The zero-order valence-corrected chi connectivity index (χ0v) is 14.9. The largest absolute Gasteiger partial charge is 0.496 e. The summed E-state index contributed by atoms with van der Waals surface area (Å²) in [6.45, 7) is 5.42. The number of piperidine rings is 1. The fourth-order valence-electron chi connectivity index (χ4n) is 3.03. The van der Waals surface area contributed by atoms with E-state index in [9.17, 15) is 9.59 Å². The first-order chi connectivity index (χ1) is 11.5. The van der Waals surface area contributed by atoms with Crippen molar-refractivity contribution in [3.63, 3.8) is 0 Å². The number of amides is 2. The minimum atomic E-state index is -1.03. The summed E-state index contributed by atoms with van der Waals surface area (Å²) in [7, 11) is 1.64. The number of carbonyl (C=O) groups excluding carboxylic acids is 2. The predicted octanol–water partition coefficient (Wildman–Crippen LogP) is 2.39. The standard InChI is InChI=1S/C19H28N2O3/c1-19(2,18(23)21-13-7-4-8-14-21)17(22)20-12-11-15-9-5-6-10-16(15)24-3/h5-6,9-10H,4,7-8,11-14H2,1-3H3,(H,20,22). The molecule has 1 saturated heterocycles. The van der Waals surface area contributed by atoms with Crippen molar-refractivity contribution in [2.24, 2.45) is 5.41 Å². The molecule has 0 bridgehead atoms. The number of ether oxygens (including phenoxy) is 1. The van der Waals surface area contributed by atoms with Crippen LogP contribution in [0.5, 0.6) is 5.75 Å². The Morgan fingerprint density at radius 1 is 1.17 bits per heavy atom. The van der Waals surface area contributed by atoms with E-state index >= 15 is 0 Å². The van der Waals surface area contributed by atoms with Crippen molar-refractivity contribution in [2.45, 2.75) is 39.5 Å². The van der Waals surface area contributed by atoms with Gasteiger partial charge in [0.15, 0.2) is 0 Å². The molecule has 0 aliphatic carbocycles. The van der Waals surface area contributed by atoms with E-state index < -0.39 is 5.41 Å². The van der Waals surface area contributed by atoms with Gasteiger partial charge in [-0.3, -0.25) is 9.59 Å². The normalized spacial score (nSPS) is 15.0. The van der Waals surface area contributed by atoms with Crippen LogP contribution in [0.1, 0.15) is 38.7 Å². The third kappa shape index (κ3) is 4.28. The zero-order valence-electron chi connectivity index (χ0n) is 14.9. The summed E-state index contributed by atoms with van der Waals surface area (Å²) in [6.07, 6.45) is 3.88. The second-order valence-electron chi connectivity index (χ2n) is 6.80. The van der Waals surface area contributed by atoms with E-state index in [4.69, 9.17) is 4.74 Å². The van der Waals surface area contributed by atoms with Crippen LogP contribution in [0.25, 0.3) is 0 Å². The number of hydrogen-bond acceptors (Lipinski definition) is 3. The van der Waals surface area contributed by atoms with Gasteiger partial charge in [-0.1, -0.05) is 18.2 Å². The molecule has 0 unspecified atom stereocenters. The highest BCUT2D eigenvalue weighted by Crippen LogP contribution is 2.22. The van der Waals surface area contributed by atoms with Gasteiger partial charge in [-0.05, 0) is 51.2 Å². The summed E-state index contributed by atoms with van der Waals surface area (Å²) in [4.78, 5) is 27.0. The Bertz CT molecular complexity index is 578. The van der Waals surface area contributed by atoms with Crippen LogP contribution >= 0.6 is 0 Å². The molecule has 1 aliphatic heterocycles. The van der Waals surface area contributed by atoms with E-state index in [-0.39, 0.29) is 11.8 Å². The smallest absolute Gasteiger partial charge is 0.237 e. The molecule has 132 valence electrons. The molecule has 5 nitrogen and oxygen atoms in total. The van der Waals surface area contributed by atoms with Crippen LogP contribution in [0.15, 0.2) is 24.3 Å². The lowest BCUT2D eigenvalue weighted by Crippen LogP contribution is -2.51. The Kier molecular flexibility index (Phi) is 6.23. The Hall–Kier alpha value is -2.04. The second kappa shape index (κ2) is 8.18. The van der Waals surface area contributed by atoms with Gasteiger partial charge in [-0.25, -0.2) is 0 Å². The highest BCUT2D eigenvalue weighted by atomic mass is 16.5. The molecule has 5 heteroatoms. The lowest BCUT2D eigenvalue weighted by Gasteiger charge is -2.33. The van der Waals surface area contributed by atoms with Crippen LogP contribution in [-0.2, 0) is 16.0 Å². The molecule has 0 atom stereocenters. The molecule has 1 heterocycles. The second-order valence-corrected chi connectivity index (χ2v) is 6.80. The zero-order chi connectivity index (χ0) is 17.6. The van der Waals surface area contributed by atoms with Crippen LogP contribution < -0.4 is 10.1 Å². The number of nitrogens with one attached hydrogen (secondary N) is 1. The third-order valence-electron chi connectivity index (χ3n) is 4.62. The molecule has 0 spiro atoms. The van der Waals surface area contributed by atoms with Crippen molar-refractivity contribution in [1.29, 1.82) is 0 Å². The monoisotopic (exact) mass is 332 g/mol. The Labute approximate surface area is 144 Å². The molecule has 1 aromatic rings. The molecule has 24 heavy (non-hydrogen) atoms. The van der Waals surface area contributed by atoms with Crippen molar-refractivity contribution in [2.75, 3.05) is 26.7 Å². The number of nitrogens with zero attached hydrogens (tertiary/aromatic N) is 1. The average molecular weight is 332 g/mol. The fraction of sp³-hybridized carbons (Fsp3) is 0.579. The molecule has 2 rings (SSSR count). The van der Waals surface area contributed by atoms with Crippen molar-refractivity contribution in [1.82, 2.24) is 10.2 Å². The Balaban J connectivity index is 1.89. The van der Waals surface area contributed by atoms with Crippen LogP contribution in [0.2, 0.25) is 0 Å². The number of rotatable bonds is 6. The van der Waals surface area contributed by atoms with Crippen molar-refractivity contribution >= 4 is 11.8 Å². The van der Waals surface area contributed by atoms with Crippen LogP contribution in [-0.4, -0.2) is 43.5 Å². The van der Waals surface area contributed by atoms with Gasteiger partial charge in [-0.2, -0.15) is 0 Å². The molecule has 1 N–H and O–H groups in total. The number of hydrogen-bond donors (Lipinski definition) is 1. The summed E-state index contributed by atoms with van der Waals surface area (Å²) < 4.78 is 5.31. The molecule has 1 aromatic carbocycles. The number of likely N-dealkylation sites (tertiary alicyclic amines) is 1. The summed E-state index contributed by atoms with van der Waals surface area (Å²) in [5.74, 6) is 0.528. The lowest BCUT2D eigenvalue weighted by atomic mass is 9.89. The number of benzene rings is 1. The fourth-order valence-corrected chi connectivity index (χ4v) is 3.03. The molecule has 0 aromatic heterocycles. The predicted molar refractivity (Wildman–Crippen MR) is 93.9 cm³/mol. The van der Waals surface area contributed by atoms with Crippen molar-refractivity contribution in [3.8, 4) is 5.75 Å². The van der Waals surface area contributed by atoms with Gasteiger partial charge >= 0.3 is 0 Å². The summed E-state index contributed by atoms with van der Waals surface area (Å²) >= 11 is 0. The molecule has 0 radical (unpaired) electrons. The van der Waals surface area contributed by atoms with Gasteiger partial charge in [0.25, 0.3) is 0 Å². The van der Waals surface area contributed by atoms with Gasteiger partial charge in [0.2, 0.25) is 11.8 Å². The quantitative estimate of drug-likeness (QED) is 0.814. The van der Waals surface area contributed by atoms with Crippen molar-refractivity contribution < 1.29 is 14.3 Å². The SMILES string of the molecule is COc1ccccc1CCNC(=O)C(C)(C)C(=O)N1CCCCC1. The minimum Gasteiger partial charge on any atom is -0.496 e. The number of carbonyl (C=O) groups is 2. The molecule has 2 amide bonds. The highest BCUT2D eigenvalue weighted by molar-refractivity contribution is 6.04. The van der Waals surface area contributed by atoms with Gasteiger partial charge in [-0.15, -0.1) is 0 Å². The van der Waals surface area contributed by atoms with E-state index in [1.165, 1.54) is 0 Å². The summed E-state index contributed by atoms with van der Waals surface area (Å²) in [6, 6.07) is 7.75. The van der Waals surface area contributed by atoms with E-state index in [0.717, 1.165) is 43.7 Å². The topological polar surface area (TPSA) is 58.6 Å². The van der Waals surface area contributed by atoms with E-state index in [2.05, 4.69) is 5.32 Å². The molecule has 1 aliphatic rings. The van der Waals surface area contributed by atoms with Gasteiger partial charge in [0, 0.05) is 19.6 Å². The molecule has 0 saturated carbocycles. The minimum absolute atomic E-state index is 0.0722. The van der Waals surface area contributed by atoms with Crippen LogP contribution in [0, 0.1) is 5.41 Å². The van der Waals surface area contributed by atoms with Crippen molar-refractivity contribution in [3.05, 3.63) is 29.8 Å². The van der Waals surface area contributed by atoms with Gasteiger partial charge in [0.05, 0.1) is 7.11 Å². The first-order valence-electron chi connectivity index (χ1n) is 8.66.